The Morgan fingerprint density at radius 1 is 1.15 bits per heavy atom. The predicted molar refractivity (Wildman–Crippen MR) is 81.7 cm³/mol. The molecule has 2 rings (SSSR count). The fourth-order valence-corrected chi connectivity index (χ4v) is 2.69. The SMILES string of the molecule is Cc1cc(C)cc(NC(=O)CSc2cccc(F)c2)c1. The van der Waals surface area contributed by atoms with Gasteiger partial charge in [-0.1, -0.05) is 12.1 Å². The van der Waals surface area contributed by atoms with Crippen LogP contribution < -0.4 is 5.32 Å². The number of anilines is 1. The molecule has 0 aromatic heterocycles. The van der Waals surface area contributed by atoms with Gasteiger partial charge >= 0.3 is 0 Å². The van der Waals surface area contributed by atoms with Crippen LogP contribution in [0.1, 0.15) is 11.1 Å². The average Bonchev–Trinajstić information content (AvgIpc) is 2.35. The number of nitrogens with one attached hydrogen (secondary N) is 1. The van der Waals surface area contributed by atoms with Crippen molar-refractivity contribution in [3.63, 3.8) is 0 Å². The van der Waals surface area contributed by atoms with Gasteiger partial charge in [0.15, 0.2) is 0 Å². The summed E-state index contributed by atoms with van der Waals surface area (Å²) in [6.45, 7) is 3.98. The standard InChI is InChI=1S/C16H16FNOS/c1-11-6-12(2)8-14(7-11)18-16(19)10-20-15-5-3-4-13(17)9-15/h3-9H,10H2,1-2H3,(H,18,19). The summed E-state index contributed by atoms with van der Waals surface area (Å²) in [5.74, 6) is -0.120. The molecule has 4 heteroatoms. The van der Waals surface area contributed by atoms with Crippen LogP contribution in [-0.4, -0.2) is 11.7 Å². The van der Waals surface area contributed by atoms with E-state index in [0.717, 1.165) is 21.7 Å². The van der Waals surface area contributed by atoms with Gasteiger partial charge in [0.1, 0.15) is 5.82 Å². The largest absolute Gasteiger partial charge is 0.325 e. The highest BCUT2D eigenvalue weighted by atomic mass is 32.2. The Hall–Kier alpha value is -1.81. The number of thioether (sulfide) groups is 1. The highest BCUT2D eigenvalue weighted by molar-refractivity contribution is 8.00. The Balaban J connectivity index is 1.92. The van der Waals surface area contributed by atoms with Crippen molar-refractivity contribution in [1.82, 2.24) is 0 Å². The van der Waals surface area contributed by atoms with E-state index in [1.165, 1.54) is 23.9 Å². The van der Waals surface area contributed by atoms with Crippen LogP contribution in [-0.2, 0) is 4.79 Å². The smallest absolute Gasteiger partial charge is 0.234 e. The third-order valence-electron chi connectivity index (χ3n) is 2.67. The molecule has 2 aromatic carbocycles. The van der Waals surface area contributed by atoms with Gasteiger partial charge in [0, 0.05) is 10.6 Å². The molecule has 0 saturated carbocycles. The number of halogens is 1. The zero-order chi connectivity index (χ0) is 14.5. The molecule has 2 nitrogen and oxygen atoms in total. The molecule has 0 aliphatic carbocycles. The second-order valence-electron chi connectivity index (χ2n) is 4.67. The molecule has 20 heavy (non-hydrogen) atoms. The fourth-order valence-electron chi connectivity index (χ4n) is 1.95. The highest BCUT2D eigenvalue weighted by Crippen LogP contribution is 2.19. The number of carbonyl (C=O) groups excluding carboxylic acids is 1. The molecule has 104 valence electrons. The molecule has 1 amide bonds. The van der Waals surface area contributed by atoms with Gasteiger partial charge in [-0.2, -0.15) is 0 Å². The van der Waals surface area contributed by atoms with Crippen molar-refractivity contribution in [2.24, 2.45) is 0 Å². The third kappa shape index (κ3) is 4.38. The van der Waals surface area contributed by atoms with Crippen LogP contribution in [0.15, 0.2) is 47.4 Å². The summed E-state index contributed by atoms with van der Waals surface area (Å²) in [6.07, 6.45) is 0. The second-order valence-corrected chi connectivity index (χ2v) is 5.72. The van der Waals surface area contributed by atoms with E-state index in [9.17, 15) is 9.18 Å². The number of hydrogen-bond acceptors (Lipinski definition) is 2. The van der Waals surface area contributed by atoms with Crippen LogP contribution >= 0.6 is 11.8 Å². The van der Waals surface area contributed by atoms with Crippen molar-refractivity contribution < 1.29 is 9.18 Å². The van der Waals surface area contributed by atoms with Crippen LogP contribution in [0.4, 0.5) is 10.1 Å². The van der Waals surface area contributed by atoms with Crippen LogP contribution in [0.25, 0.3) is 0 Å². The summed E-state index contributed by atoms with van der Waals surface area (Å²) in [6, 6.07) is 12.2. The second kappa shape index (κ2) is 6.57. The number of rotatable bonds is 4. The van der Waals surface area contributed by atoms with E-state index in [-0.39, 0.29) is 17.5 Å². The number of benzene rings is 2. The molecule has 0 saturated heterocycles. The molecule has 1 N–H and O–H groups in total. The van der Waals surface area contributed by atoms with E-state index in [4.69, 9.17) is 0 Å². The Bertz CT molecular complexity index is 607. The number of aryl methyl sites for hydroxylation is 2. The highest BCUT2D eigenvalue weighted by Gasteiger charge is 2.05. The van der Waals surface area contributed by atoms with Crippen molar-refractivity contribution >= 4 is 23.4 Å². The minimum absolute atomic E-state index is 0.0933. The molecular formula is C16H16FNOS. The predicted octanol–water partition coefficient (Wildman–Crippen LogP) is 4.17. The zero-order valence-electron chi connectivity index (χ0n) is 11.4. The summed E-state index contributed by atoms with van der Waals surface area (Å²) in [4.78, 5) is 12.6. The van der Waals surface area contributed by atoms with Gasteiger partial charge < -0.3 is 5.32 Å². The molecular weight excluding hydrogens is 273 g/mol. The molecule has 0 aliphatic heterocycles. The molecule has 0 heterocycles. The maximum absolute atomic E-state index is 13.0. The summed E-state index contributed by atoms with van der Waals surface area (Å²) in [5, 5.41) is 2.85. The lowest BCUT2D eigenvalue weighted by molar-refractivity contribution is -0.113. The van der Waals surface area contributed by atoms with E-state index in [2.05, 4.69) is 11.4 Å². The molecule has 0 atom stereocenters. The summed E-state index contributed by atoms with van der Waals surface area (Å²) >= 11 is 1.32. The minimum Gasteiger partial charge on any atom is -0.325 e. The molecule has 0 fully saturated rings. The number of hydrogen-bond donors (Lipinski definition) is 1. The molecule has 2 aromatic rings. The van der Waals surface area contributed by atoms with Gasteiger partial charge in [-0.15, -0.1) is 11.8 Å². The Morgan fingerprint density at radius 2 is 1.85 bits per heavy atom. The Kier molecular flexibility index (Phi) is 4.79. The topological polar surface area (TPSA) is 29.1 Å². The maximum Gasteiger partial charge on any atom is 0.234 e. The molecule has 0 aliphatic rings. The Morgan fingerprint density at radius 3 is 2.50 bits per heavy atom. The van der Waals surface area contributed by atoms with Crippen LogP contribution in [0.2, 0.25) is 0 Å². The van der Waals surface area contributed by atoms with E-state index in [0.29, 0.717) is 0 Å². The van der Waals surface area contributed by atoms with Crippen LogP contribution in [0.5, 0.6) is 0 Å². The number of amides is 1. The quantitative estimate of drug-likeness (QED) is 0.856. The monoisotopic (exact) mass is 289 g/mol. The van der Waals surface area contributed by atoms with Crippen molar-refractivity contribution in [1.29, 1.82) is 0 Å². The maximum atomic E-state index is 13.0. The van der Waals surface area contributed by atoms with E-state index >= 15 is 0 Å². The minimum atomic E-state index is -0.287. The average molecular weight is 289 g/mol. The van der Waals surface area contributed by atoms with Gasteiger partial charge in [-0.3, -0.25) is 4.79 Å². The van der Waals surface area contributed by atoms with Gasteiger partial charge in [-0.05, 0) is 55.3 Å². The lowest BCUT2D eigenvalue weighted by atomic mass is 10.1. The van der Waals surface area contributed by atoms with Gasteiger partial charge in [0.25, 0.3) is 0 Å². The van der Waals surface area contributed by atoms with E-state index in [1.807, 2.05) is 26.0 Å². The Labute approximate surface area is 122 Å². The molecule has 0 spiro atoms. The lowest BCUT2D eigenvalue weighted by Gasteiger charge is -2.07. The van der Waals surface area contributed by atoms with Crippen molar-refractivity contribution in [3.05, 3.63) is 59.4 Å². The normalized spacial score (nSPS) is 10.3. The molecule has 0 unspecified atom stereocenters. The zero-order valence-corrected chi connectivity index (χ0v) is 12.3. The van der Waals surface area contributed by atoms with Crippen molar-refractivity contribution in [2.45, 2.75) is 18.7 Å². The van der Waals surface area contributed by atoms with Crippen LogP contribution in [0.3, 0.4) is 0 Å². The van der Waals surface area contributed by atoms with Gasteiger partial charge in [0.05, 0.1) is 5.75 Å². The third-order valence-corrected chi connectivity index (χ3v) is 3.67. The lowest BCUT2D eigenvalue weighted by Crippen LogP contribution is -2.14. The van der Waals surface area contributed by atoms with E-state index < -0.39 is 0 Å². The fraction of sp³-hybridized carbons (Fsp3) is 0.188. The number of carbonyl (C=O) groups is 1. The molecule has 0 bridgehead atoms. The van der Waals surface area contributed by atoms with Crippen LogP contribution in [0, 0.1) is 19.7 Å². The summed E-state index contributed by atoms with van der Waals surface area (Å²) in [5.41, 5.74) is 3.02. The summed E-state index contributed by atoms with van der Waals surface area (Å²) < 4.78 is 13.0. The first-order chi connectivity index (χ1) is 9.52. The van der Waals surface area contributed by atoms with Gasteiger partial charge in [-0.25, -0.2) is 4.39 Å². The first kappa shape index (κ1) is 14.6. The summed E-state index contributed by atoms with van der Waals surface area (Å²) in [7, 11) is 0. The molecule has 0 radical (unpaired) electrons. The van der Waals surface area contributed by atoms with E-state index in [1.54, 1.807) is 12.1 Å². The van der Waals surface area contributed by atoms with Crippen molar-refractivity contribution in [2.75, 3.05) is 11.1 Å². The van der Waals surface area contributed by atoms with Crippen molar-refractivity contribution in [3.8, 4) is 0 Å². The van der Waals surface area contributed by atoms with Gasteiger partial charge in [0.2, 0.25) is 5.91 Å². The first-order valence-corrected chi connectivity index (χ1v) is 7.28. The first-order valence-electron chi connectivity index (χ1n) is 6.29.